The Kier molecular flexibility index (Phi) is 4.93. The summed E-state index contributed by atoms with van der Waals surface area (Å²) in [5.41, 5.74) is -0.997. The molecule has 0 aliphatic carbocycles. The molecule has 0 saturated carbocycles. The molecule has 1 aliphatic heterocycles. The van der Waals surface area contributed by atoms with Crippen molar-refractivity contribution in [2.24, 2.45) is 0 Å². The highest BCUT2D eigenvalue weighted by atomic mass is 16.4. The summed E-state index contributed by atoms with van der Waals surface area (Å²) >= 11 is 0. The molecule has 1 amide bonds. The number of carbonyl (C=O) groups excluding carboxylic acids is 1. The van der Waals surface area contributed by atoms with Gasteiger partial charge >= 0.3 is 5.97 Å². The van der Waals surface area contributed by atoms with Crippen molar-refractivity contribution in [1.82, 2.24) is 9.80 Å². The molecule has 0 aromatic carbocycles. The minimum Gasteiger partial charge on any atom is -0.479 e. The zero-order valence-corrected chi connectivity index (χ0v) is 10.7. The first-order valence-corrected chi connectivity index (χ1v) is 6.21. The molecule has 1 saturated heterocycles. The summed E-state index contributed by atoms with van der Waals surface area (Å²) in [6.07, 6.45) is 3.35. The van der Waals surface area contributed by atoms with Crippen LogP contribution < -0.4 is 0 Å². The van der Waals surface area contributed by atoms with Crippen LogP contribution in [0.3, 0.4) is 0 Å². The van der Waals surface area contributed by atoms with E-state index in [1.165, 1.54) is 4.90 Å². The summed E-state index contributed by atoms with van der Waals surface area (Å²) in [5.74, 6) is -0.867. The quantitative estimate of drug-likeness (QED) is 0.724. The zero-order chi connectivity index (χ0) is 12.9. The van der Waals surface area contributed by atoms with Gasteiger partial charge in [0, 0.05) is 13.1 Å². The topological polar surface area (TPSA) is 60.9 Å². The molecule has 0 bridgehead atoms. The van der Waals surface area contributed by atoms with E-state index in [-0.39, 0.29) is 0 Å². The van der Waals surface area contributed by atoms with Gasteiger partial charge in [-0.25, -0.2) is 4.79 Å². The number of nitrogens with zero attached hydrogens (tertiary/aromatic N) is 2. The zero-order valence-electron chi connectivity index (χ0n) is 10.7. The van der Waals surface area contributed by atoms with Crippen LogP contribution in [0.2, 0.25) is 0 Å². The van der Waals surface area contributed by atoms with Crippen molar-refractivity contribution < 1.29 is 14.7 Å². The second-order valence-corrected chi connectivity index (χ2v) is 4.79. The van der Waals surface area contributed by atoms with Crippen LogP contribution in [-0.2, 0) is 9.59 Å². The lowest BCUT2D eigenvalue weighted by molar-refractivity contribution is -0.156. The van der Waals surface area contributed by atoms with Gasteiger partial charge in [-0.05, 0) is 39.3 Å². The summed E-state index contributed by atoms with van der Waals surface area (Å²) in [7, 11) is 1.99. The molecule has 5 nitrogen and oxygen atoms in total. The second kappa shape index (κ2) is 6.00. The van der Waals surface area contributed by atoms with E-state index in [4.69, 9.17) is 0 Å². The number of rotatable bonds is 5. The van der Waals surface area contributed by atoms with Gasteiger partial charge < -0.3 is 14.9 Å². The highest BCUT2D eigenvalue weighted by molar-refractivity contribution is 5.81. The van der Waals surface area contributed by atoms with Gasteiger partial charge in [-0.3, -0.25) is 4.79 Å². The summed E-state index contributed by atoms with van der Waals surface area (Å²) < 4.78 is 0. The Morgan fingerprint density at radius 1 is 1.47 bits per heavy atom. The van der Waals surface area contributed by atoms with Crippen molar-refractivity contribution in [2.75, 3.05) is 26.7 Å². The third-order valence-electron chi connectivity index (χ3n) is 3.58. The number of likely N-dealkylation sites (tertiary alicyclic amines) is 1. The summed E-state index contributed by atoms with van der Waals surface area (Å²) in [6.45, 7) is 4.09. The molecule has 1 N–H and O–H groups in total. The molecule has 0 radical (unpaired) electrons. The molecule has 17 heavy (non-hydrogen) atoms. The maximum atomic E-state index is 11.6. The van der Waals surface area contributed by atoms with Crippen LogP contribution in [0.25, 0.3) is 0 Å². The molecule has 1 atom stereocenters. The number of carboxylic acids is 1. The number of aliphatic carboxylic acids is 1. The van der Waals surface area contributed by atoms with Gasteiger partial charge in [-0.15, -0.1) is 0 Å². The predicted octanol–water partition coefficient (Wildman–Crippen LogP) is 0.794. The van der Waals surface area contributed by atoms with Crippen molar-refractivity contribution in [3.8, 4) is 0 Å². The average molecular weight is 242 g/mol. The number of carboxylic acid groups (broad SMARTS) is 1. The molecule has 1 aliphatic rings. The molecule has 0 aromatic heterocycles. The Morgan fingerprint density at radius 3 is 2.71 bits per heavy atom. The molecule has 1 unspecified atom stereocenters. The van der Waals surface area contributed by atoms with E-state index >= 15 is 0 Å². The van der Waals surface area contributed by atoms with Crippen LogP contribution in [0.4, 0.5) is 0 Å². The normalized spacial score (nSPS) is 26.2. The van der Waals surface area contributed by atoms with Gasteiger partial charge in [0.05, 0.1) is 0 Å². The van der Waals surface area contributed by atoms with Gasteiger partial charge in [-0.2, -0.15) is 0 Å². The van der Waals surface area contributed by atoms with E-state index in [2.05, 4.69) is 4.90 Å². The molecule has 1 rings (SSSR count). The highest BCUT2D eigenvalue weighted by Gasteiger charge is 2.44. The first-order chi connectivity index (χ1) is 8.06. The van der Waals surface area contributed by atoms with Crippen molar-refractivity contribution in [3.05, 3.63) is 0 Å². The standard InChI is InChI=1S/C12H22N2O3/c1-3-7-14(10-15)12(11(16)17)5-4-8-13(2)9-6-12/h10H,3-9H2,1-2H3,(H,16,17). The highest BCUT2D eigenvalue weighted by Crippen LogP contribution is 2.28. The Balaban J connectivity index is 2.94. The van der Waals surface area contributed by atoms with E-state index in [0.29, 0.717) is 25.8 Å². The number of hydrogen-bond acceptors (Lipinski definition) is 3. The third-order valence-corrected chi connectivity index (χ3v) is 3.58. The van der Waals surface area contributed by atoms with Gasteiger partial charge in [-0.1, -0.05) is 6.92 Å². The Labute approximate surface area is 102 Å². The minimum absolute atomic E-state index is 0.511. The van der Waals surface area contributed by atoms with E-state index < -0.39 is 11.5 Å². The Hall–Kier alpha value is -1.10. The fourth-order valence-electron chi connectivity index (χ4n) is 2.49. The van der Waals surface area contributed by atoms with Crippen LogP contribution in [-0.4, -0.2) is 59.5 Å². The van der Waals surface area contributed by atoms with E-state index in [1.54, 1.807) is 0 Å². The van der Waals surface area contributed by atoms with Crippen LogP contribution in [0, 0.1) is 0 Å². The van der Waals surface area contributed by atoms with Crippen LogP contribution >= 0.6 is 0 Å². The van der Waals surface area contributed by atoms with E-state index in [0.717, 1.165) is 25.9 Å². The third kappa shape index (κ3) is 2.97. The lowest BCUT2D eigenvalue weighted by Gasteiger charge is -2.37. The fraction of sp³-hybridized carbons (Fsp3) is 0.833. The fourth-order valence-corrected chi connectivity index (χ4v) is 2.49. The van der Waals surface area contributed by atoms with Gasteiger partial charge in [0.1, 0.15) is 5.54 Å². The second-order valence-electron chi connectivity index (χ2n) is 4.79. The summed E-state index contributed by atoms with van der Waals surface area (Å²) in [6, 6.07) is 0. The predicted molar refractivity (Wildman–Crippen MR) is 64.8 cm³/mol. The molecule has 0 aromatic rings. The molecule has 98 valence electrons. The summed E-state index contributed by atoms with van der Waals surface area (Å²) in [4.78, 5) is 26.3. The van der Waals surface area contributed by atoms with Gasteiger partial charge in [0.2, 0.25) is 6.41 Å². The van der Waals surface area contributed by atoms with Crippen molar-refractivity contribution in [3.63, 3.8) is 0 Å². The molecule has 5 heteroatoms. The minimum atomic E-state index is -0.997. The Morgan fingerprint density at radius 2 is 2.18 bits per heavy atom. The monoisotopic (exact) mass is 242 g/mol. The first-order valence-electron chi connectivity index (χ1n) is 6.21. The Bertz CT molecular complexity index is 283. The van der Waals surface area contributed by atoms with E-state index in [9.17, 15) is 14.7 Å². The van der Waals surface area contributed by atoms with Gasteiger partial charge in [0.15, 0.2) is 0 Å². The van der Waals surface area contributed by atoms with E-state index in [1.807, 2.05) is 14.0 Å². The van der Waals surface area contributed by atoms with Crippen LogP contribution in [0.5, 0.6) is 0 Å². The molecular weight excluding hydrogens is 220 g/mol. The lowest BCUT2D eigenvalue weighted by atomic mass is 9.88. The van der Waals surface area contributed by atoms with Crippen molar-refractivity contribution in [1.29, 1.82) is 0 Å². The van der Waals surface area contributed by atoms with Crippen molar-refractivity contribution >= 4 is 12.4 Å². The number of hydrogen-bond donors (Lipinski definition) is 1. The van der Waals surface area contributed by atoms with Crippen molar-refractivity contribution in [2.45, 2.75) is 38.1 Å². The molecule has 1 heterocycles. The number of amides is 1. The summed E-state index contributed by atoms with van der Waals surface area (Å²) in [5, 5.41) is 9.51. The molecule has 1 fully saturated rings. The molecule has 0 spiro atoms. The van der Waals surface area contributed by atoms with Crippen LogP contribution in [0.1, 0.15) is 32.6 Å². The van der Waals surface area contributed by atoms with Gasteiger partial charge in [0.25, 0.3) is 0 Å². The smallest absolute Gasteiger partial charge is 0.329 e. The van der Waals surface area contributed by atoms with Crippen LogP contribution in [0.15, 0.2) is 0 Å². The SMILES string of the molecule is CCCN(C=O)C1(C(=O)O)CCCN(C)CC1. The maximum absolute atomic E-state index is 11.6. The maximum Gasteiger partial charge on any atom is 0.329 e. The number of carbonyl (C=O) groups is 2. The largest absolute Gasteiger partial charge is 0.479 e. The first kappa shape index (κ1) is 14.0. The molecular formula is C12H22N2O3. The lowest BCUT2D eigenvalue weighted by Crippen LogP contribution is -2.54. The average Bonchev–Trinajstić information content (AvgIpc) is 2.49.